The Hall–Kier alpha value is -2.23. The van der Waals surface area contributed by atoms with Gasteiger partial charge in [-0.1, -0.05) is 18.2 Å². The summed E-state index contributed by atoms with van der Waals surface area (Å²) in [5.74, 6) is 0.339. The van der Waals surface area contributed by atoms with Crippen LogP contribution in [0.3, 0.4) is 0 Å². The molecule has 0 radical (unpaired) electrons. The minimum atomic E-state index is -0.966. The Labute approximate surface area is 106 Å². The maximum Gasteiger partial charge on any atom is 0.328 e. The fraction of sp³-hybridized carbons (Fsp3) is 0.214. The van der Waals surface area contributed by atoms with Gasteiger partial charge in [-0.3, -0.25) is 0 Å². The van der Waals surface area contributed by atoms with E-state index in [9.17, 15) is 4.79 Å². The van der Waals surface area contributed by atoms with Crippen molar-refractivity contribution in [3.8, 4) is 11.5 Å². The normalized spacial score (nSPS) is 11.6. The number of allylic oxidation sites excluding steroid dienone is 3. The molecular formula is C14H16O4. The predicted molar refractivity (Wildman–Crippen MR) is 70.0 cm³/mol. The molecule has 4 nitrogen and oxygen atoms in total. The van der Waals surface area contributed by atoms with E-state index >= 15 is 0 Å². The molecule has 4 heteroatoms. The molecule has 0 bridgehead atoms. The van der Waals surface area contributed by atoms with Crippen LogP contribution >= 0.6 is 0 Å². The summed E-state index contributed by atoms with van der Waals surface area (Å²) in [6.45, 7) is 1.90. The third-order valence-corrected chi connectivity index (χ3v) is 2.42. The van der Waals surface area contributed by atoms with E-state index in [4.69, 9.17) is 14.6 Å². The number of benzene rings is 1. The number of hydrogen-bond donors (Lipinski definition) is 1. The van der Waals surface area contributed by atoms with Crippen LogP contribution in [-0.2, 0) is 4.79 Å². The van der Waals surface area contributed by atoms with Gasteiger partial charge in [-0.2, -0.15) is 0 Å². The highest BCUT2D eigenvalue weighted by molar-refractivity contribution is 5.80. The van der Waals surface area contributed by atoms with Crippen LogP contribution in [0.5, 0.6) is 11.5 Å². The molecule has 0 fully saturated rings. The first-order valence-corrected chi connectivity index (χ1v) is 5.38. The third-order valence-electron chi connectivity index (χ3n) is 2.42. The molecule has 0 aliphatic rings. The Bertz CT molecular complexity index is 487. The van der Waals surface area contributed by atoms with Gasteiger partial charge < -0.3 is 14.6 Å². The fourth-order valence-electron chi connectivity index (χ4n) is 1.45. The van der Waals surface area contributed by atoms with E-state index < -0.39 is 5.97 Å². The van der Waals surface area contributed by atoms with Crippen LogP contribution in [0.15, 0.2) is 36.4 Å². The molecule has 0 aliphatic carbocycles. The zero-order valence-corrected chi connectivity index (χ0v) is 10.6. The summed E-state index contributed by atoms with van der Waals surface area (Å²) in [7, 11) is 3.15. The Morgan fingerprint density at radius 3 is 2.44 bits per heavy atom. The number of carboxylic acid groups (broad SMARTS) is 1. The predicted octanol–water partition coefficient (Wildman–Crippen LogP) is 2.75. The minimum absolute atomic E-state index is 0.643. The molecule has 0 unspecified atom stereocenters. The first kappa shape index (κ1) is 13.8. The maximum atomic E-state index is 10.3. The topological polar surface area (TPSA) is 55.8 Å². The molecular weight excluding hydrogens is 232 g/mol. The first-order valence-electron chi connectivity index (χ1n) is 5.38. The largest absolute Gasteiger partial charge is 0.493 e. The number of carbonyl (C=O) groups is 1. The van der Waals surface area contributed by atoms with Crippen LogP contribution in [0.1, 0.15) is 12.5 Å². The summed E-state index contributed by atoms with van der Waals surface area (Å²) in [5.41, 5.74) is 1.89. The van der Waals surface area contributed by atoms with Gasteiger partial charge in [0.05, 0.1) is 14.2 Å². The fourth-order valence-corrected chi connectivity index (χ4v) is 1.45. The van der Waals surface area contributed by atoms with Gasteiger partial charge in [-0.15, -0.1) is 0 Å². The quantitative estimate of drug-likeness (QED) is 0.643. The Kier molecular flexibility index (Phi) is 4.99. The van der Waals surface area contributed by atoms with E-state index in [1.807, 2.05) is 25.1 Å². The molecule has 0 heterocycles. The summed E-state index contributed by atoms with van der Waals surface area (Å²) in [4.78, 5) is 10.3. The van der Waals surface area contributed by atoms with E-state index in [0.717, 1.165) is 17.2 Å². The van der Waals surface area contributed by atoms with Gasteiger partial charge in [0.25, 0.3) is 0 Å². The summed E-state index contributed by atoms with van der Waals surface area (Å²) >= 11 is 0. The van der Waals surface area contributed by atoms with Gasteiger partial charge in [0.15, 0.2) is 11.5 Å². The molecule has 96 valence electrons. The van der Waals surface area contributed by atoms with Gasteiger partial charge >= 0.3 is 5.97 Å². The average molecular weight is 248 g/mol. The number of hydrogen-bond acceptors (Lipinski definition) is 3. The van der Waals surface area contributed by atoms with Crippen molar-refractivity contribution < 1.29 is 19.4 Å². The van der Waals surface area contributed by atoms with E-state index in [-0.39, 0.29) is 0 Å². The molecule has 1 aromatic carbocycles. The maximum absolute atomic E-state index is 10.3. The highest BCUT2D eigenvalue weighted by Gasteiger charge is 2.04. The van der Waals surface area contributed by atoms with Gasteiger partial charge in [0.1, 0.15) is 0 Å². The summed E-state index contributed by atoms with van der Waals surface area (Å²) in [5, 5.41) is 8.49. The first-order chi connectivity index (χ1) is 8.58. The van der Waals surface area contributed by atoms with Crippen molar-refractivity contribution >= 4 is 11.5 Å². The lowest BCUT2D eigenvalue weighted by Crippen LogP contribution is -1.91. The molecule has 0 aliphatic heterocycles. The monoisotopic (exact) mass is 248 g/mol. The number of ether oxygens (including phenoxy) is 2. The average Bonchev–Trinajstić information content (AvgIpc) is 2.37. The van der Waals surface area contributed by atoms with E-state index in [1.165, 1.54) is 6.08 Å². The molecule has 0 spiro atoms. The third kappa shape index (κ3) is 3.66. The van der Waals surface area contributed by atoms with Crippen molar-refractivity contribution in [2.24, 2.45) is 0 Å². The molecule has 18 heavy (non-hydrogen) atoms. The van der Waals surface area contributed by atoms with Crippen LogP contribution in [-0.4, -0.2) is 25.3 Å². The Balaban J connectivity index is 2.99. The van der Waals surface area contributed by atoms with Crippen LogP contribution in [0, 0.1) is 0 Å². The minimum Gasteiger partial charge on any atom is -0.493 e. The van der Waals surface area contributed by atoms with Crippen molar-refractivity contribution in [2.75, 3.05) is 14.2 Å². The Morgan fingerprint density at radius 1 is 1.22 bits per heavy atom. The van der Waals surface area contributed by atoms with Gasteiger partial charge in [-0.05, 0) is 30.2 Å². The summed E-state index contributed by atoms with van der Waals surface area (Å²) < 4.78 is 10.4. The second-order valence-electron chi connectivity index (χ2n) is 3.62. The van der Waals surface area contributed by atoms with Crippen LogP contribution in [0.4, 0.5) is 0 Å². The number of aliphatic carboxylic acids is 1. The van der Waals surface area contributed by atoms with Crippen LogP contribution in [0.25, 0.3) is 5.57 Å². The summed E-state index contributed by atoms with van der Waals surface area (Å²) in [6, 6.07) is 5.55. The SMILES string of the molecule is COc1ccc(C(C)=CC=CC(=O)O)cc1OC. The lowest BCUT2D eigenvalue weighted by molar-refractivity contribution is -0.131. The van der Waals surface area contributed by atoms with Crippen LogP contribution in [0.2, 0.25) is 0 Å². The van der Waals surface area contributed by atoms with Crippen molar-refractivity contribution in [1.29, 1.82) is 0 Å². The molecule has 0 aromatic heterocycles. The summed E-state index contributed by atoms with van der Waals surface area (Å²) in [6.07, 6.45) is 4.31. The number of rotatable bonds is 5. The van der Waals surface area contributed by atoms with Crippen molar-refractivity contribution in [1.82, 2.24) is 0 Å². The van der Waals surface area contributed by atoms with Crippen LogP contribution < -0.4 is 9.47 Å². The second kappa shape index (κ2) is 6.49. The molecule has 0 saturated heterocycles. The van der Waals surface area contributed by atoms with E-state index in [2.05, 4.69) is 0 Å². The molecule has 1 rings (SSSR count). The zero-order valence-electron chi connectivity index (χ0n) is 10.6. The van der Waals surface area contributed by atoms with E-state index in [0.29, 0.717) is 11.5 Å². The number of carboxylic acids is 1. The van der Waals surface area contributed by atoms with Crippen molar-refractivity contribution in [3.63, 3.8) is 0 Å². The lowest BCUT2D eigenvalue weighted by Gasteiger charge is -2.09. The second-order valence-corrected chi connectivity index (χ2v) is 3.62. The smallest absolute Gasteiger partial charge is 0.328 e. The van der Waals surface area contributed by atoms with Gasteiger partial charge in [0.2, 0.25) is 0 Å². The molecule has 0 atom stereocenters. The van der Waals surface area contributed by atoms with Crippen molar-refractivity contribution in [2.45, 2.75) is 6.92 Å². The zero-order chi connectivity index (χ0) is 13.5. The van der Waals surface area contributed by atoms with Gasteiger partial charge in [-0.25, -0.2) is 4.79 Å². The standard InChI is InChI=1S/C14H16O4/c1-10(5-4-6-14(15)16)11-7-8-12(17-2)13(9-11)18-3/h4-9H,1-3H3,(H,15,16). The highest BCUT2D eigenvalue weighted by atomic mass is 16.5. The molecule has 1 N–H and O–H groups in total. The highest BCUT2D eigenvalue weighted by Crippen LogP contribution is 2.30. The molecule has 0 saturated carbocycles. The molecule has 0 amide bonds. The van der Waals surface area contributed by atoms with Crippen molar-refractivity contribution in [3.05, 3.63) is 42.0 Å². The van der Waals surface area contributed by atoms with E-state index in [1.54, 1.807) is 20.3 Å². The Morgan fingerprint density at radius 2 is 1.89 bits per heavy atom. The number of methoxy groups -OCH3 is 2. The van der Waals surface area contributed by atoms with Gasteiger partial charge in [0, 0.05) is 6.08 Å². The lowest BCUT2D eigenvalue weighted by atomic mass is 10.1. The molecule has 1 aromatic rings.